The minimum absolute atomic E-state index is 0.0397. The molecule has 6 nitrogen and oxygen atoms in total. The zero-order chi connectivity index (χ0) is 19.9. The van der Waals surface area contributed by atoms with Crippen molar-refractivity contribution in [2.24, 2.45) is 10.7 Å². The average Bonchev–Trinajstić information content (AvgIpc) is 3.02. The maximum atomic E-state index is 12.2. The van der Waals surface area contributed by atoms with Gasteiger partial charge in [-0.15, -0.1) is 0 Å². The van der Waals surface area contributed by atoms with E-state index in [0.29, 0.717) is 19.4 Å². The number of carbonyl (C=O) groups is 2. The smallest absolute Gasteiger partial charge is 0.407 e. The van der Waals surface area contributed by atoms with Gasteiger partial charge < -0.3 is 15.8 Å². The highest BCUT2D eigenvalue weighted by Gasteiger charge is 2.29. The van der Waals surface area contributed by atoms with Crippen molar-refractivity contribution in [2.75, 3.05) is 13.2 Å². The van der Waals surface area contributed by atoms with Crippen molar-refractivity contribution in [3.05, 3.63) is 59.7 Å². The molecule has 2 amide bonds. The Morgan fingerprint density at radius 2 is 1.75 bits per heavy atom. The number of aliphatic imine (C=N–C) groups is 1. The van der Waals surface area contributed by atoms with Crippen molar-refractivity contribution in [3.8, 4) is 11.1 Å². The number of amides is 2. The lowest BCUT2D eigenvalue weighted by Gasteiger charge is -2.17. The highest BCUT2D eigenvalue weighted by molar-refractivity contribution is 7.78. The molecule has 0 aromatic heterocycles. The number of benzene rings is 2. The number of hydrogen-bond acceptors (Lipinski definition) is 5. The Kier molecular flexibility index (Phi) is 6.53. The van der Waals surface area contributed by atoms with Gasteiger partial charge in [0, 0.05) is 12.5 Å². The number of carbonyl (C=O) groups excluding carboxylic acids is 2. The van der Waals surface area contributed by atoms with Gasteiger partial charge in [0.05, 0.1) is 5.16 Å². The summed E-state index contributed by atoms with van der Waals surface area (Å²) in [5.41, 5.74) is 9.93. The molecule has 1 aliphatic carbocycles. The van der Waals surface area contributed by atoms with Gasteiger partial charge >= 0.3 is 6.09 Å². The maximum absolute atomic E-state index is 12.2. The summed E-state index contributed by atoms with van der Waals surface area (Å²) in [5.74, 6) is -0.651. The summed E-state index contributed by atoms with van der Waals surface area (Å²) in [7, 11) is 0. The Labute approximate surface area is 168 Å². The van der Waals surface area contributed by atoms with E-state index < -0.39 is 18.0 Å². The average molecular weight is 395 g/mol. The molecular formula is C21H21N3O3S. The number of hydrogen-bond donors (Lipinski definition) is 2. The molecule has 2 aromatic carbocycles. The normalized spacial score (nSPS) is 13.0. The highest BCUT2D eigenvalue weighted by Crippen LogP contribution is 2.44. The fourth-order valence-electron chi connectivity index (χ4n) is 3.49. The van der Waals surface area contributed by atoms with E-state index in [-0.39, 0.29) is 12.5 Å². The van der Waals surface area contributed by atoms with Crippen LogP contribution >= 0.6 is 12.2 Å². The van der Waals surface area contributed by atoms with Gasteiger partial charge in [0.2, 0.25) is 5.91 Å². The third-order valence-electron chi connectivity index (χ3n) is 4.81. The number of thiocarbonyl (C=S) groups is 1. The zero-order valence-electron chi connectivity index (χ0n) is 15.3. The lowest BCUT2D eigenvalue weighted by Crippen LogP contribution is -2.45. The molecule has 2 aromatic rings. The summed E-state index contributed by atoms with van der Waals surface area (Å²) in [6, 6.07) is 15.4. The number of nitrogens with zero attached hydrogens (tertiary/aromatic N) is 1. The SMILES string of the molecule is NC(=O)[C@H](CCCN=C=S)NC(=O)OCC1c2ccccc2-c2ccccc21. The molecule has 1 aliphatic rings. The summed E-state index contributed by atoms with van der Waals surface area (Å²) < 4.78 is 5.44. The van der Waals surface area contributed by atoms with Gasteiger partial charge in [-0.05, 0) is 47.3 Å². The van der Waals surface area contributed by atoms with E-state index >= 15 is 0 Å². The van der Waals surface area contributed by atoms with Gasteiger partial charge in [0.25, 0.3) is 0 Å². The predicted octanol–water partition coefficient (Wildman–Crippen LogP) is 3.26. The van der Waals surface area contributed by atoms with E-state index in [9.17, 15) is 9.59 Å². The molecule has 0 saturated carbocycles. The zero-order valence-corrected chi connectivity index (χ0v) is 16.1. The van der Waals surface area contributed by atoms with Gasteiger partial charge in [-0.1, -0.05) is 48.5 Å². The van der Waals surface area contributed by atoms with E-state index in [0.717, 1.165) is 22.3 Å². The summed E-state index contributed by atoms with van der Waals surface area (Å²) in [6.45, 7) is 0.611. The van der Waals surface area contributed by atoms with Crippen LogP contribution < -0.4 is 11.1 Å². The highest BCUT2D eigenvalue weighted by atomic mass is 32.1. The van der Waals surface area contributed by atoms with E-state index in [1.165, 1.54) is 0 Å². The number of isothiocyanates is 1. The topological polar surface area (TPSA) is 93.8 Å². The van der Waals surface area contributed by atoms with Crippen molar-refractivity contribution in [1.82, 2.24) is 5.32 Å². The Balaban J connectivity index is 1.62. The number of fused-ring (bicyclic) bond motifs is 3. The second kappa shape index (κ2) is 9.26. The van der Waals surface area contributed by atoms with Gasteiger partial charge in [-0.25, -0.2) is 9.79 Å². The van der Waals surface area contributed by atoms with Gasteiger partial charge in [-0.2, -0.15) is 0 Å². The minimum Gasteiger partial charge on any atom is -0.449 e. The van der Waals surface area contributed by atoms with Crippen molar-refractivity contribution in [3.63, 3.8) is 0 Å². The first-order chi connectivity index (χ1) is 13.6. The monoisotopic (exact) mass is 395 g/mol. The number of rotatable bonds is 8. The first-order valence-corrected chi connectivity index (χ1v) is 9.47. The summed E-state index contributed by atoms with van der Waals surface area (Å²) in [5, 5.41) is 4.80. The van der Waals surface area contributed by atoms with Crippen molar-refractivity contribution in [1.29, 1.82) is 0 Å². The van der Waals surface area contributed by atoms with E-state index in [4.69, 9.17) is 10.5 Å². The van der Waals surface area contributed by atoms with Gasteiger partial charge in [0.1, 0.15) is 12.6 Å². The van der Waals surface area contributed by atoms with Crippen LogP contribution in [0.15, 0.2) is 53.5 Å². The lowest BCUT2D eigenvalue weighted by molar-refractivity contribution is -0.120. The molecule has 0 aliphatic heterocycles. The molecule has 0 bridgehead atoms. The molecule has 0 fully saturated rings. The van der Waals surface area contributed by atoms with Crippen molar-refractivity contribution >= 4 is 29.4 Å². The van der Waals surface area contributed by atoms with Crippen molar-refractivity contribution in [2.45, 2.75) is 24.8 Å². The molecule has 0 spiro atoms. The minimum atomic E-state index is -0.809. The molecule has 0 radical (unpaired) electrons. The quantitative estimate of drug-likeness (QED) is 0.407. The molecule has 0 unspecified atom stereocenters. The van der Waals surface area contributed by atoms with Crippen LogP contribution in [-0.4, -0.2) is 36.4 Å². The molecule has 1 atom stereocenters. The third-order valence-corrected chi connectivity index (χ3v) is 4.94. The fraction of sp³-hybridized carbons (Fsp3) is 0.286. The number of nitrogens with one attached hydrogen (secondary N) is 1. The van der Waals surface area contributed by atoms with Gasteiger partial charge in [0.15, 0.2) is 0 Å². The number of alkyl carbamates (subject to hydrolysis) is 1. The van der Waals surface area contributed by atoms with Crippen LogP contribution in [0.5, 0.6) is 0 Å². The van der Waals surface area contributed by atoms with Gasteiger partial charge in [-0.3, -0.25) is 4.79 Å². The van der Waals surface area contributed by atoms with Crippen LogP contribution in [0.25, 0.3) is 11.1 Å². The van der Waals surface area contributed by atoms with E-state index in [1.807, 2.05) is 36.4 Å². The Hall–Kier alpha value is -3.02. The van der Waals surface area contributed by atoms with Crippen LogP contribution in [0.3, 0.4) is 0 Å². The standard InChI is InChI=1S/C21H21N3O3S/c22-20(25)19(10-5-11-23-13-28)24-21(26)27-12-18-16-8-3-1-6-14(16)15-7-2-4-9-17(15)18/h1-4,6-9,18-19H,5,10-12H2,(H2,22,25)(H,24,26)/t19-/m0/s1. The van der Waals surface area contributed by atoms with Crippen molar-refractivity contribution < 1.29 is 14.3 Å². The van der Waals surface area contributed by atoms with Crippen LogP contribution in [0.1, 0.15) is 29.9 Å². The second-order valence-corrected chi connectivity index (χ2v) is 6.72. The largest absolute Gasteiger partial charge is 0.449 e. The molecule has 7 heteroatoms. The molecule has 28 heavy (non-hydrogen) atoms. The van der Waals surface area contributed by atoms with E-state index in [1.54, 1.807) is 0 Å². The summed E-state index contributed by atoms with van der Waals surface area (Å²) >= 11 is 4.50. The number of primary amides is 1. The fourth-order valence-corrected chi connectivity index (χ4v) is 3.58. The number of ether oxygens (including phenoxy) is 1. The third kappa shape index (κ3) is 4.44. The Morgan fingerprint density at radius 1 is 1.14 bits per heavy atom. The Morgan fingerprint density at radius 3 is 2.32 bits per heavy atom. The van der Waals surface area contributed by atoms with Crippen LogP contribution in [0, 0.1) is 0 Å². The second-order valence-electron chi connectivity index (χ2n) is 6.54. The van der Waals surface area contributed by atoms with Crippen LogP contribution in [0.2, 0.25) is 0 Å². The molecule has 144 valence electrons. The first kappa shape index (κ1) is 19.7. The molecule has 0 heterocycles. The molecular weight excluding hydrogens is 374 g/mol. The predicted molar refractivity (Wildman–Crippen MR) is 110 cm³/mol. The maximum Gasteiger partial charge on any atom is 0.407 e. The number of nitrogens with two attached hydrogens (primary N) is 1. The van der Waals surface area contributed by atoms with E-state index in [2.05, 4.69) is 39.8 Å². The van der Waals surface area contributed by atoms with Crippen LogP contribution in [-0.2, 0) is 9.53 Å². The molecule has 3 N–H and O–H groups in total. The summed E-state index contributed by atoms with van der Waals surface area (Å²) in [4.78, 5) is 27.6. The summed E-state index contributed by atoms with van der Waals surface area (Å²) in [6.07, 6.45) is 0.255. The lowest BCUT2D eigenvalue weighted by atomic mass is 9.98. The first-order valence-electron chi connectivity index (χ1n) is 9.06. The molecule has 0 saturated heterocycles. The van der Waals surface area contributed by atoms with Crippen LogP contribution in [0.4, 0.5) is 4.79 Å². The molecule has 3 rings (SSSR count). The Bertz CT molecular complexity index is 879.